The summed E-state index contributed by atoms with van der Waals surface area (Å²) >= 11 is 0. The number of hydrogen-bond donors (Lipinski definition) is 2. The molecule has 1 aromatic carbocycles. The Balaban J connectivity index is 1.84. The maximum Gasteiger partial charge on any atom is 0.319 e. The van der Waals surface area contributed by atoms with Crippen LogP contribution >= 0.6 is 0 Å². The van der Waals surface area contributed by atoms with Crippen LogP contribution < -0.4 is 10.6 Å². The maximum absolute atomic E-state index is 11.8. The summed E-state index contributed by atoms with van der Waals surface area (Å²) in [5.74, 6) is 0. The van der Waals surface area contributed by atoms with Gasteiger partial charge in [0.2, 0.25) is 0 Å². The van der Waals surface area contributed by atoms with Gasteiger partial charge in [-0.3, -0.25) is 0 Å². The minimum Gasteiger partial charge on any atom is -0.331 e. The maximum atomic E-state index is 11.8. The molecule has 1 aliphatic rings. The number of aryl methyl sites for hydroxylation is 1. The molecule has 1 aliphatic carbocycles. The second-order valence-electron chi connectivity index (χ2n) is 5.44. The fraction of sp³-hybridized carbons (Fsp3) is 0.471. The van der Waals surface area contributed by atoms with E-state index in [1.165, 1.54) is 24.0 Å². The summed E-state index contributed by atoms with van der Waals surface area (Å²) in [4.78, 5) is 11.8. The molecule has 1 atom stereocenters. The number of hydrogen-bond acceptors (Lipinski definition) is 1. The highest BCUT2D eigenvalue weighted by atomic mass is 16.2. The van der Waals surface area contributed by atoms with Crippen molar-refractivity contribution in [2.45, 2.75) is 52.0 Å². The van der Waals surface area contributed by atoms with Gasteiger partial charge in [0, 0.05) is 6.20 Å². The Kier molecular flexibility index (Phi) is 5.22. The third-order valence-electron chi connectivity index (χ3n) is 3.89. The first-order valence-corrected chi connectivity index (χ1v) is 7.53. The van der Waals surface area contributed by atoms with Crippen LogP contribution in [0.2, 0.25) is 0 Å². The molecule has 3 heteroatoms. The van der Waals surface area contributed by atoms with Crippen LogP contribution in [0.25, 0.3) is 0 Å². The van der Waals surface area contributed by atoms with E-state index in [4.69, 9.17) is 0 Å². The van der Waals surface area contributed by atoms with Crippen LogP contribution in [0.15, 0.2) is 36.0 Å². The Morgan fingerprint density at radius 2 is 1.90 bits per heavy atom. The molecule has 0 aromatic heterocycles. The topological polar surface area (TPSA) is 41.1 Å². The van der Waals surface area contributed by atoms with Crippen LogP contribution in [0.5, 0.6) is 0 Å². The van der Waals surface area contributed by atoms with Gasteiger partial charge in [-0.1, -0.05) is 36.8 Å². The van der Waals surface area contributed by atoms with E-state index in [9.17, 15) is 4.79 Å². The minimum atomic E-state index is -0.128. The van der Waals surface area contributed by atoms with Crippen LogP contribution in [0.1, 0.15) is 56.7 Å². The molecule has 0 saturated heterocycles. The van der Waals surface area contributed by atoms with Crippen molar-refractivity contribution in [3.8, 4) is 0 Å². The molecule has 2 amide bonds. The van der Waals surface area contributed by atoms with Gasteiger partial charge in [0.25, 0.3) is 0 Å². The van der Waals surface area contributed by atoms with Gasteiger partial charge in [0.05, 0.1) is 6.04 Å². The summed E-state index contributed by atoms with van der Waals surface area (Å²) in [5, 5.41) is 5.80. The average Bonchev–Trinajstić information content (AvgIpc) is 2.98. The van der Waals surface area contributed by atoms with Gasteiger partial charge >= 0.3 is 6.03 Å². The third kappa shape index (κ3) is 4.12. The average molecular weight is 272 g/mol. The van der Waals surface area contributed by atoms with Gasteiger partial charge < -0.3 is 10.6 Å². The number of allylic oxidation sites excluding steroid dienone is 1. The lowest BCUT2D eigenvalue weighted by atomic mass is 10.1. The smallest absolute Gasteiger partial charge is 0.319 e. The highest BCUT2D eigenvalue weighted by Crippen LogP contribution is 2.22. The van der Waals surface area contributed by atoms with Crippen LogP contribution in [0.4, 0.5) is 4.79 Å². The van der Waals surface area contributed by atoms with Crippen molar-refractivity contribution in [3.05, 3.63) is 47.2 Å². The summed E-state index contributed by atoms with van der Waals surface area (Å²) in [6, 6.07) is 8.29. The molecular weight excluding hydrogens is 248 g/mol. The zero-order valence-corrected chi connectivity index (χ0v) is 12.4. The molecule has 20 heavy (non-hydrogen) atoms. The highest BCUT2D eigenvalue weighted by molar-refractivity contribution is 5.75. The number of amides is 2. The molecule has 1 unspecified atom stereocenters. The number of urea groups is 1. The quantitative estimate of drug-likeness (QED) is 0.852. The lowest BCUT2D eigenvalue weighted by Crippen LogP contribution is -2.34. The van der Waals surface area contributed by atoms with E-state index >= 15 is 0 Å². The zero-order valence-electron chi connectivity index (χ0n) is 12.4. The molecule has 1 aromatic rings. The van der Waals surface area contributed by atoms with Crippen LogP contribution in [0, 0.1) is 0 Å². The summed E-state index contributed by atoms with van der Waals surface area (Å²) in [6.07, 6.45) is 7.64. The Morgan fingerprint density at radius 1 is 1.25 bits per heavy atom. The van der Waals surface area contributed by atoms with Crippen molar-refractivity contribution in [2.24, 2.45) is 0 Å². The second kappa shape index (κ2) is 7.13. The predicted octanol–water partition coefficient (Wildman–Crippen LogP) is 4.07. The molecule has 1 saturated carbocycles. The Bertz CT molecular complexity index is 468. The molecular formula is C17H24N2O. The summed E-state index contributed by atoms with van der Waals surface area (Å²) in [5.41, 5.74) is 3.79. The van der Waals surface area contributed by atoms with Crippen molar-refractivity contribution in [2.75, 3.05) is 0 Å². The fourth-order valence-corrected chi connectivity index (χ4v) is 2.50. The molecule has 0 bridgehead atoms. The fourth-order valence-electron chi connectivity index (χ4n) is 2.50. The first-order chi connectivity index (χ1) is 9.69. The van der Waals surface area contributed by atoms with Gasteiger partial charge in [0.15, 0.2) is 0 Å². The standard InChI is InChI=1S/C17H24N2O/c1-3-14-8-10-16(11-9-14)13(2)19-17(20)18-12-15-6-4-5-7-15/h8-13H,3-7H2,1-2H3,(H2,18,19,20). The van der Waals surface area contributed by atoms with Crippen LogP contribution in [-0.2, 0) is 6.42 Å². The number of carbonyl (C=O) groups excluding carboxylic acids is 1. The molecule has 1 fully saturated rings. The summed E-state index contributed by atoms with van der Waals surface area (Å²) < 4.78 is 0. The van der Waals surface area contributed by atoms with Crippen molar-refractivity contribution < 1.29 is 4.79 Å². The van der Waals surface area contributed by atoms with Crippen LogP contribution in [0.3, 0.4) is 0 Å². The minimum absolute atomic E-state index is 0.0166. The van der Waals surface area contributed by atoms with Gasteiger partial charge in [-0.05, 0) is 50.2 Å². The van der Waals surface area contributed by atoms with E-state index in [0.717, 1.165) is 24.8 Å². The lowest BCUT2D eigenvalue weighted by Gasteiger charge is -2.14. The predicted molar refractivity (Wildman–Crippen MR) is 82.5 cm³/mol. The van der Waals surface area contributed by atoms with E-state index in [-0.39, 0.29) is 12.1 Å². The second-order valence-corrected chi connectivity index (χ2v) is 5.44. The highest BCUT2D eigenvalue weighted by Gasteiger charge is 2.10. The van der Waals surface area contributed by atoms with Gasteiger partial charge in [-0.15, -0.1) is 0 Å². The van der Waals surface area contributed by atoms with E-state index < -0.39 is 0 Å². The van der Waals surface area contributed by atoms with E-state index in [2.05, 4.69) is 41.8 Å². The van der Waals surface area contributed by atoms with Gasteiger partial charge in [0.1, 0.15) is 0 Å². The summed E-state index contributed by atoms with van der Waals surface area (Å²) in [6.45, 7) is 4.14. The number of rotatable bonds is 4. The monoisotopic (exact) mass is 272 g/mol. The number of benzene rings is 1. The van der Waals surface area contributed by atoms with Gasteiger partial charge in [-0.2, -0.15) is 0 Å². The number of carbonyl (C=O) groups is 1. The Hall–Kier alpha value is -1.77. The van der Waals surface area contributed by atoms with Crippen molar-refractivity contribution >= 4 is 6.03 Å². The third-order valence-corrected chi connectivity index (χ3v) is 3.89. The molecule has 3 nitrogen and oxygen atoms in total. The van der Waals surface area contributed by atoms with E-state index in [1.807, 2.05) is 13.1 Å². The molecule has 0 aliphatic heterocycles. The SMILES string of the molecule is CCc1ccc(C(C)NC(=O)NC=C2CCCC2)cc1. The normalized spacial score (nSPS) is 15.8. The van der Waals surface area contributed by atoms with Crippen molar-refractivity contribution in [1.29, 1.82) is 0 Å². The molecule has 108 valence electrons. The molecule has 2 rings (SSSR count). The largest absolute Gasteiger partial charge is 0.331 e. The van der Waals surface area contributed by atoms with Crippen molar-refractivity contribution in [1.82, 2.24) is 10.6 Å². The molecule has 0 spiro atoms. The molecule has 0 heterocycles. The molecule has 0 radical (unpaired) electrons. The van der Waals surface area contributed by atoms with E-state index in [0.29, 0.717) is 0 Å². The first-order valence-electron chi connectivity index (χ1n) is 7.53. The van der Waals surface area contributed by atoms with Crippen molar-refractivity contribution in [3.63, 3.8) is 0 Å². The number of nitrogens with one attached hydrogen (secondary N) is 2. The summed E-state index contributed by atoms with van der Waals surface area (Å²) in [7, 11) is 0. The lowest BCUT2D eigenvalue weighted by molar-refractivity contribution is 0.241. The Labute approximate surface area is 121 Å². The Morgan fingerprint density at radius 3 is 2.50 bits per heavy atom. The van der Waals surface area contributed by atoms with Crippen LogP contribution in [-0.4, -0.2) is 6.03 Å². The zero-order chi connectivity index (χ0) is 14.4. The first kappa shape index (κ1) is 14.6. The van der Waals surface area contributed by atoms with E-state index in [1.54, 1.807) is 0 Å². The van der Waals surface area contributed by atoms with Gasteiger partial charge in [-0.25, -0.2) is 4.79 Å². The molecule has 2 N–H and O–H groups in total.